The number of carbonyl (C=O) groups is 1. The van der Waals surface area contributed by atoms with Crippen LogP contribution in [-0.4, -0.2) is 28.8 Å². The SMILES string of the molecule is CC(=O)C1CN(C)Cc2c1n(C)c1ccccc21. The van der Waals surface area contributed by atoms with Gasteiger partial charge in [0.1, 0.15) is 5.78 Å². The van der Waals surface area contributed by atoms with Gasteiger partial charge >= 0.3 is 0 Å². The fourth-order valence-electron chi connectivity index (χ4n) is 3.16. The molecule has 0 N–H and O–H groups in total. The minimum atomic E-state index is 0.0103. The average Bonchev–Trinajstić information content (AvgIpc) is 2.63. The minimum Gasteiger partial charge on any atom is -0.347 e. The number of fused-ring (bicyclic) bond motifs is 3. The number of para-hydroxylation sites is 1. The molecule has 3 heteroatoms. The second-order valence-corrected chi connectivity index (χ2v) is 5.30. The van der Waals surface area contributed by atoms with E-state index < -0.39 is 0 Å². The second-order valence-electron chi connectivity index (χ2n) is 5.30. The zero-order valence-corrected chi connectivity index (χ0v) is 11.1. The fraction of sp³-hybridized carbons (Fsp3) is 0.400. The smallest absolute Gasteiger partial charge is 0.140 e. The summed E-state index contributed by atoms with van der Waals surface area (Å²) in [4.78, 5) is 14.1. The van der Waals surface area contributed by atoms with Crippen LogP contribution in [0.4, 0.5) is 0 Å². The maximum absolute atomic E-state index is 11.9. The van der Waals surface area contributed by atoms with Crippen LogP contribution in [0.1, 0.15) is 24.1 Å². The second kappa shape index (κ2) is 3.95. The Morgan fingerprint density at radius 2 is 2.00 bits per heavy atom. The number of aromatic nitrogens is 1. The maximum atomic E-state index is 11.9. The van der Waals surface area contributed by atoms with Gasteiger partial charge in [0.2, 0.25) is 0 Å². The van der Waals surface area contributed by atoms with Crippen molar-refractivity contribution in [2.24, 2.45) is 7.05 Å². The zero-order valence-electron chi connectivity index (χ0n) is 11.1. The van der Waals surface area contributed by atoms with Gasteiger partial charge in [-0.2, -0.15) is 0 Å². The van der Waals surface area contributed by atoms with Crippen molar-refractivity contribution in [2.75, 3.05) is 13.6 Å². The number of rotatable bonds is 1. The summed E-state index contributed by atoms with van der Waals surface area (Å²) >= 11 is 0. The van der Waals surface area contributed by atoms with Crippen molar-refractivity contribution in [3.05, 3.63) is 35.5 Å². The first-order valence-corrected chi connectivity index (χ1v) is 6.34. The quantitative estimate of drug-likeness (QED) is 0.766. The van der Waals surface area contributed by atoms with Crippen LogP contribution in [-0.2, 0) is 18.4 Å². The van der Waals surface area contributed by atoms with Crippen LogP contribution < -0.4 is 0 Å². The van der Waals surface area contributed by atoms with E-state index in [-0.39, 0.29) is 11.7 Å². The molecule has 0 amide bonds. The van der Waals surface area contributed by atoms with Crippen molar-refractivity contribution in [3.8, 4) is 0 Å². The van der Waals surface area contributed by atoms with Gasteiger partial charge in [0.05, 0.1) is 5.92 Å². The van der Waals surface area contributed by atoms with Crippen LogP contribution in [0.3, 0.4) is 0 Å². The molecule has 18 heavy (non-hydrogen) atoms. The van der Waals surface area contributed by atoms with Gasteiger partial charge in [-0.25, -0.2) is 0 Å². The summed E-state index contributed by atoms with van der Waals surface area (Å²) in [7, 11) is 4.16. The summed E-state index contributed by atoms with van der Waals surface area (Å²) < 4.78 is 2.20. The van der Waals surface area contributed by atoms with Crippen molar-refractivity contribution in [3.63, 3.8) is 0 Å². The number of aryl methyl sites for hydroxylation is 1. The van der Waals surface area contributed by atoms with Crippen molar-refractivity contribution < 1.29 is 4.79 Å². The summed E-state index contributed by atoms with van der Waals surface area (Å²) in [5, 5.41) is 1.28. The molecule has 2 heterocycles. The number of hydrogen-bond acceptors (Lipinski definition) is 2. The highest BCUT2D eigenvalue weighted by Crippen LogP contribution is 2.35. The van der Waals surface area contributed by atoms with E-state index in [9.17, 15) is 4.79 Å². The maximum Gasteiger partial charge on any atom is 0.140 e. The van der Waals surface area contributed by atoms with Crippen molar-refractivity contribution in [1.82, 2.24) is 9.47 Å². The molecule has 0 radical (unpaired) electrons. The van der Waals surface area contributed by atoms with Gasteiger partial charge in [-0.1, -0.05) is 18.2 Å². The number of benzene rings is 1. The normalized spacial score (nSPS) is 20.1. The Morgan fingerprint density at radius 1 is 1.28 bits per heavy atom. The predicted octanol–water partition coefficient (Wildman–Crippen LogP) is 2.30. The molecule has 0 saturated carbocycles. The molecule has 0 aliphatic carbocycles. The van der Waals surface area contributed by atoms with Gasteiger partial charge in [-0.3, -0.25) is 4.79 Å². The molecule has 1 aliphatic rings. The van der Waals surface area contributed by atoms with Crippen molar-refractivity contribution in [2.45, 2.75) is 19.4 Å². The van der Waals surface area contributed by atoms with Crippen LogP contribution in [0.2, 0.25) is 0 Å². The zero-order chi connectivity index (χ0) is 12.9. The number of nitrogens with zero attached hydrogens (tertiary/aromatic N) is 2. The number of likely N-dealkylation sites (N-methyl/N-ethyl adjacent to an activating group) is 1. The largest absolute Gasteiger partial charge is 0.347 e. The molecule has 1 atom stereocenters. The minimum absolute atomic E-state index is 0.0103. The molecule has 3 nitrogen and oxygen atoms in total. The molecule has 2 aromatic rings. The standard InChI is InChI=1S/C15H18N2O/c1-10(18)12-8-16(2)9-13-11-6-4-5-7-14(11)17(3)15(12)13/h4-7,12H,8-9H2,1-3H3. The summed E-state index contributed by atoms with van der Waals surface area (Å²) in [6, 6.07) is 8.41. The summed E-state index contributed by atoms with van der Waals surface area (Å²) in [5.74, 6) is 0.268. The molecule has 0 fully saturated rings. The molecule has 3 rings (SSSR count). The molecule has 0 spiro atoms. The van der Waals surface area contributed by atoms with Gasteiger partial charge in [0.25, 0.3) is 0 Å². The Morgan fingerprint density at radius 3 is 2.72 bits per heavy atom. The summed E-state index contributed by atoms with van der Waals surface area (Å²) in [6.07, 6.45) is 0. The topological polar surface area (TPSA) is 25.2 Å². The molecule has 0 bridgehead atoms. The lowest BCUT2D eigenvalue weighted by Crippen LogP contribution is -2.34. The van der Waals surface area contributed by atoms with E-state index in [2.05, 4.69) is 47.8 Å². The number of Topliss-reactive ketones (excluding diaryl/α,β-unsaturated/α-hetero) is 1. The van der Waals surface area contributed by atoms with E-state index >= 15 is 0 Å². The lowest BCUT2D eigenvalue weighted by atomic mass is 9.92. The van der Waals surface area contributed by atoms with E-state index in [1.165, 1.54) is 22.2 Å². The number of hydrogen-bond donors (Lipinski definition) is 0. The molecule has 94 valence electrons. The van der Waals surface area contributed by atoms with E-state index in [0.29, 0.717) is 0 Å². The van der Waals surface area contributed by atoms with Crippen LogP contribution in [0.5, 0.6) is 0 Å². The predicted molar refractivity (Wildman–Crippen MR) is 72.7 cm³/mol. The molecule has 1 unspecified atom stereocenters. The van der Waals surface area contributed by atoms with Crippen LogP contribution in [0.25, 0.3) is 10.9 Å². The molecule has 1 aromatic carbocycles. The van der Waals surface area contributed by atoms with Crippen molar-refractivity contribution >= 4 is 16.7 Å². The molecule has 0 saturated heterocycles. The lowest BCUT2D eigenvalue weighted by molar-refractivity contribution is -0.119. The summed E-state index contributed by atoms with van der Waals surface area (Å²) in [6.45, 7) is 3.46. The first kappa shape index (κ1) is 11.5. The monoisotopic (exact) mass is 242 g/mol. The van der Waals surface area contributed by atoms with E-state index in [0.717, 1.165) is 13.1 Å². The van der Waals surface area contributed by atoms with Gasteiger partial charge in [-0.15, -0.1) is 0 Å². The van der Waals surface area contributed by atoms with E-state index in [1.54, 1.807) is 6.92 Å². The van der Waals surface area contributed by atoms with Gasteiger partial charge < -0.3 is 9.47 Å². The Kier molecular flexibility index (Phi) is 2.52. The fourth-order valence-corrected chi connectivity index (χ4v) is 3.16. The first-order valence-electron chi connectivity index (χ1n) is 6.34. The first-order chi connectivity index (χ1) is 8.59. The molecule has 1 aliphatic heterocycles. The van der Waals surface area contributed by atoms with Gasteiger partial charge in [-0.05, 0) is 25.6 Å². The third kappa shape index (κ3) is 1.51. The average molecular weight is 242 g/mol. The Labute approximate surface area is 107 Å². The van der Waals surface area contributed by atoms with Gasteiger partial charge in [0.15, 0.2) is 0 Å². The Bertz CT molecular complexity index is 627. The van der Waals surface area contributed by atoms with E-state index in [4.69, 9.17) is 0 Å². The lowest BCUT2D eigenvalue weighted by Gasteiger charge is -2.29. The van der Waals surface area contributed by atoms with E-state index in [1.807, 2.05) is 0 Å². The van der Waals surface area contributed by atoms with Crippen molar-refractivity contribution in [1.29, 1.82) is 0 Å². The molecular formula is C15H18N2O. The Hall–Kier alpha value is -1.61. The third-order valence-electron chi connectivity index (χ3n) is 4.00. The molecule has 1 aromatic heterocycles. The summed E-state index contributed by atoms with van der Waals surface area (Å²) in [5.41, 5.74) is 3.76. The van der Waals surface area contributed by atoms with Crippen LogP contribution >= 0.6 is 0 Å². The third-order valence-corrected chi connectivity index (χ3v) is 4.00. The van der Waals surface area contributed by atoms with Crippen LogP contribution in [0, 0.1) is 0 Å². The molecular weight excluding hydrogens is 224 g/mol. The van der Waals surface area contributed by atoms with Gasteiger partial charge in [0, 0.05) is 36.7 Å². The van der Waals surface area contributed by atoms with Crippen LogP contribution in [0.15, 0.2) is 24.3 Å². The number of carbonyl (C=O) groups excluding carboxylic acids is 1. The number of ketones is 1. The Balaban J connectivity index is 2.32. The highest BCUT2D eigenvalue weighted by atomic mass is 16.1. The highest BCUT2D eigenvalue weighted by Gasteiger charge is 2.31. The highest BCUT2D eigenvalue weighted by molar-refractivity contribution is 5.91.